The summed E-state index contributed by atoms with van der Waals surface area (Å²) in [5.74, 6) is 0.0599. The average molecular weight is 210 g/mol. The summed E-state index contributed by atoms with van der Waals surface area (Å²) in [6.45, 7) is 5.58. The lowest BCUT2D eigenvalue weighted by atomic mass is 10.2. The second-order valence-electron chi connectivity index (χ2n) is 3.42. The van der Waals surface area contributed by atoms with Crippen LogP contribution in [-0.2, 0) is 4.79 Å². The van der Waals surface area contributed by atoms with Gasteiger partial charge >= 0.3 is 0 Å². The Morgan fingerprint density at radius 1 is 1.67 bits per heavy atom. The van der Waals surface area contributed by atoms with Gasteiger partial charge in [-0.05, 0) is 13.5 Å². The molecule has 0 saturated heterocycles. The van der Waals surface area contributed by atoms with Crippen molar-refractivity contribution < 1.29 is 4.79 Å². The van der Waals surface area contributed by atoms with Gasteiger partial charge in [0.25, 0.3) is 0 Å². The Morgan fingerprint density at radius 2 is 2.47 bits per heavy atom. The normalized spacial score (nSPS) is 12.4. The molecule has 1 aromatic heterocycles. The Kier molecular flexibility index (Phi) is 4.83. The fourth-order valence-corrected chi connectivity index (χ4v) is 1.27. The molecule has 5 heteroatoms. The van der Waals surface area contributed by atoms with E-state index in [0.717, 1.165) is 18.7 Å². The molecule has 0 bridgehead atoms. The van der Waals surface area contributed by atoms with Gasteiger partial charge in [0, 0.05) is 24.7 Å². The van der Waals surface area contributed by atoms with Crippen LogP contribution in [0.25, 0.3) is 0 Å². The van der Waals surface area contributed by atoms with E-state index >= 15 is 0 Å². The third-order valence-corrected chi connectivity index (χ3v) is 2.18. The lowest BCUT2D eigenvalue weighted by molar-refractivity contribution is -0.121. The smallest absolute Gasteiger partial charge is 0.221 e. The molecular weight excluding hydrogens is 192 g/mol. The second kappa shape index (κ2) is 6.19. The monoisotopic (exact) mass is 210 g/mol. The number of H-pyrrole nitrogens is 1. The van der Waals surface area contributed by atoms with Gasteiger partial charge in [0.15, 0.2) is 0 Å². The molecule has 15 heavy (non-hydrogen) atoms. The first-order valence-electron chi connectivity index (χ1n) is 5.22. The van der Waals surface area contributed by atoms with Crippen molar-refractivity contribution in [3.8, 4) is 0 Å². The molecule has 0 aliphatic heterocycles. The third-order valence-electron chi connectivity index (χ3n) is 2.18. The minimum Gasteiger partial charge on any atom is -0.349 e. The molecule has 0 spiro atoms. The molecule has 1 unspecified atom stereocenters. The van der Waals surface area contributed by atoms with Crippen LogP contribution in [-0.4, -0.2) is 29.2 Å². The van der Waals surface area contributed by atoms with Crippen molar-refractivity contribution in [1.29, 1.82) is 0 Å². The molecule has 0 aliphatic carbocycles. The van der Waals surface area contributed by atoms with E-state index in [2.05, 4.69) is 20.8 Å². The standard InChI is InChI=1S/C10H18N4O/c1-3-11-5-4-10(15)14-8(2)9-6-12-13-7-9/h6-8,11H,3-5H2,1-2H3,(H,12,13)(H,14,15). The van der Waals surface area contributed by atoms with Crippen molar-refractivity contribution in [1.82, 2.24) is 20.8 Å². The van der Waals surface area contributed by atoms with Gasteiger partial charge in [-0.1, -0.05) is 6.92 Å². The summed E-state index contributed by atoms with van der Waals surface area (Å²) in [6.07, 6.45) is 4.01. The molecule has 1 aromatic rings. The first kappa shape index (κ1) is 11.7. The number of nitrogens with zero attached hydrogens (tertiary/aromatic N) is 1. The number of aromatic nitrogens is 2. The minimum absolute atomic E-state index is 0.0119. The van der Waals surface area contributed by atoms with Crippen LogP contribution in [0, 0.1) is 0 Å². The molecule has 1 heterocycles. The lowest BCUT2D eigenvalue weighted by Crippen LogP contribution is -2.29. The van der Waals surface area contributed by atoms with Crippen molar-refractivity contribution in [2.24, 2.45) is 0 Å². The third kappa shape index (κ3) is 4.12. The van der Waals surface area contributed by atoms with E-state index < -0.39 is 0 Å². The van der Waals surface area contributed by atoms with E-state index in [1.54, 1.807) is 12.4 Å². The molecule has 5 nitrogen and oxygen atoms in total. The van der Waals surface area contributed by atoms with Crippen molar-refractivity contribution in [3.05, 3.63) is 18.0 Å². The molecule has 84 valence electrons. The van der Waals surface area contributed by atoms with Gasteiger partial charge in [-0.15, -0.1) is 0 Å². The molecule has 0 aliphatic rings. The highest BCUT2D eigenvalue weighted by molar-refractivity contribution is 5.76. The van der Waals surface area contributed by atoms with Crippen LogP contribution in [0.1, 0.15) is 31.9 Å². The number of carbonyl (C=O) groups excluding carboxylic acids is 1. The summed E-state index contributed by atoms with van der Waals surface area (Å²) in [5, 5.41) is 12.6. The maximum atomic E-state index is 11.4. The molecule has 1 amide bonds. The van der Waals surface area contributed by atoms with Gasteiger partial charge < -0.3 is 10.6 Å². The van der Waals surface area contributed by atoms with Crippen LogP contribution >= 0.6 is 0 Å². The maximum absolute atomic E-state index is 11.4. The lowest BCUT2D eigenvalue weighted by Gasteiger charge is -2.11. The zero-order chi connectivity index (χ0) is 11.1. The highest BCUT2D eigenvalue weighted by Crippen LogP contribution is 2.08. The van der Waals surface area contributed by atoms with Crippen LogP contribution in [0.4, 0.5) is 0 Å². The molecule has 0 saturated carbocycles. The largest absolute Gasteiger partial charge is 0.349 e. The molecule has 0 aromatic carbocycles. The molecule has 1 rings (SSSR count). The molecule has 0 fully saturated rings. The van der Waals surface area contributed by atoms with Gasteiger partial charge in [0.1, 0.15) is 0 Å². The van der Waals surface area contributed by atoms with Crippen LogP contribution < -0.4 is 10.6 Å². The van der Waals surface area contributed by atoms with Crippen molar-refractivity contribution in [2.45, 2.75) is 26.3 Å². The molecular formula is C10H18N4O. The number of rotatable bonds is 6. The molecule has 1 atom stereocenters. The topological polar surface area (TPSA) is 69.8 Å². The zero-order valence-electron chi connectivity index (χ0n) is 9.21. The average Bonchev–Trinajstić information content (AvgIpc) is 2.70. The van der Waals surface area contributed by atoms with Crippen molar-refractivity contribution in [2.75, 3.05) is 13.1 Å². The van der Waals surface area contributed by atoms with Crippen molar-refractivity contribution in [3.63, 3.8) is 0 Å². The Balaban J connectivity index is 2.26. The van der Waals surface area contributed by atoms with E-state index in [0.29, 0.717) is 6.42 Å². The Hall–Kier alpha value is -1.36. The summed E-state index contributed by atoms with van der Waals surface area (Å²) in [6, 6.07) is 0.0119. The molecule has 3 N–H and O–H groups in total. The summed E-state index contributed by atoms with van der Waals surface area (Å²) in [7, 11) is 0. The highest BCUT2D eigenvalue weighted by atomic mass is 16.1. The predicted molar refractivity (Wildman–Crippen MR) is 58.3 cm³/mol. The Morgan fingerprint density at radius 3 is 3.07 bits per heavy atom. The number of amides is 1. The first-order chi connectivity index (χ1) is 7.24. The number of nitrogens with one attached hydrogen (secondary N) is 3. The number of hydrogen-bond acceptors (Lipinski definition) is 3. The van der Waals surface area contributed by atoms with Gasteiger partial charge in [-0.2, -0.15) is 5.10 Å². The highest BCUT2D eigenvalue weighted by Gasteiger charge is 2.09. The Bertz CT molecular complexity index is 284. The minimum atomic E-state index is 0.0119. The van der Waals surface area contributed by atoms with Gasteiger partial charge in [0.2, 0.25) is 5.91 Å². The van der Waals surface area contributed by atoms with Crippen LogP contribution in [0.3, 0.4) is 0 Å². The maximum Gasteiger partial charge on any atom is 0.221 e. The fourth-order valence-electron chi connectivity index (χ4n) is 1.27. The van der Waals surface area contributed by atoms with E-state index in [4.69, 9.17) is 0 Å². The predicted octanol–water partition coefficient (Wildman–Crippen LogP) is 0.586. The number of aromatic amines is 1. The fraction of sp³-hybridized carbons (Fsp3) is 0.600. The SMILES string of the molecule is CCNCCC(=O)NC(C)c1cn[nH]c1. The van der Waals surface area contributed by atoms with Gasteiger partial charge in [-0.25, -0.2) is 0 Å². The van der Waals surface area contributed by atoms with Crippen molar-refractivity contribution >= 4 is 5.91 Å². The van der Waals surface area contributed by atoms with E-state index in [-0.39, 0.29) is 11.9 Å². The van der Waals surface area contributed by atoms with E-state index in [9.17, 15) is 4.79 Å². The van der Waals surface area contributed by atoms with Gasteiger partial charge in [-0.3, -0.25) is 9.89 Å². The summed E-state index contributed by atoms with van der Waals surface area (Å²) < 4.78 is 0. The summed E-state index contributed by atoms with van der Waals surface area (Å²) in [5.41, 5.74) is 0.992. The Labute approximate surface area is 89.6 Å². The van der Waals surface area contributed by atoms with Crippen LogP contribution in [0.15, 0.2) is 12.4 Å². The zero-order valence-corrected chi connectivity index (χ0v) is 9.21. The van der Waals surface area contributed by atoms with Gasteiger partial charge in [0.05, 0.1) is 12.2 Å². The first-order valence-corrected chi connectivity index (χ1v) is 5.22. The van der Waals surface area contributed by atoms with E-state index in [1.165, 1.54) is 0 Å². The van der Waals surface area contributed by atoms with E-state index in [1.807, 2.05) is 13.8 Å². The van der Waals surface area contributed by atoms with Crippen LogP contribution in [0.2, 0.25) is 0 Å². The quantitative estimate of drug-likeness (QED) is 0.602. The summed E-state index contributed by atoms with van der Waals surface area (Å²) in [4.78, 5) is 11.4. The second-order valence-corrected chi connectivity index (χ2v) is 3.42. The van der Waals surface area contributed by atoms with Crippen LogP contribution in [0.5, 0.6) is 0 Å². The number of hydrogen-bond donors (Lipinski definition) is 3. The number of carbonyl (C=O) groups is 1. The molecule has 0 radical (unpaired) electrons. The summed E-state index contributed by atoms with van der Waals surface area (Å²) >= 11 is 0.